The lowest BCUT2D eigenvalue weighted by molar-refractivity contribution is 0.0455. The number of hydrogen-bond donors (Lipinski definition) is 0. The Labute approximate surface area is 184 Å². The summed E-state index contributed by atoms with van der Waals surface area (Å²) in [6.45, 7) is 6.95. The molecule has 0 aromatic heterocycles. The Morgan fingerprint density at radius 3 is 2.26 bits per heavy atom. The van der Waals surface area contributed by atoms with Crippen LogP contribution < -0.4 is 0 Å². The molecule has 2 fully saturated rings. The molecule has 0 N–H and O–H groups in total. The van der Waals surface area contributed by atoms with Crippen LogP contribution in [-0.2, 0) is 13.0 Å². The van der Waals surface area contributed by atoms with Crippen LogP contribution in [0.15, 0.2) is 42.5 Å². The quantitative estimate of drug-likeness (QED) is 0.768. The van der Waals surface area contributed by atoms with Gasteiger partial charge in [-0.2, -0.15) is 0 Å². The number of amides is 2. The third-order valence-corrected chi connectivity index (χ3v) is 7.21. The van der Waals surface area contributed by atoms with E-state index in [0.29, 0.717) is 13.1 Å². The first-order chi connectivity index (χ1) is 15.1. The van der Waals surface area contributed by atoms with Gasteiger partial charge in [0.05, 0.1) is 0 Å². The Morgan fingerprint density at radius 1 is 0.806 bits per heavy atom. The Balaban J connectivity index is 1.23. The summed E-state index contributed by atoms with van der Waals surface area (Å²) in [6.07, 6.45) is 4.79. The number of rotatable bonds is 3. The second-order valence-electron chi connectivity index (χ2n) is 9.24. The van der Waals surface area contributed by atoms with Crippen LogP contribution in [0.4, 0.5) is 0 Å². The van der Waals surface area contributed by atoms with Gasteiger partial charge in [-0.25, -0.2) is 0 Å². The van der Waals surface area contributed by atoms with Crippen molar-refractivity contribution in [1.82, 2.24) is 14.7 Å². The Kier molecular flexibility index (Phi) is 5.53. The van der Waals surface area contributed by atoms with Gasteiger partial charge in [0.2, 0.25) is 0 Å². The second-order valence-corrected chi connectivity index (χ2v) is 9.24. The van der Waals surface area contributed by atoms with Crippen LogP contribution in [-0.4, -0.2) is 65.3 Å². The number of fused-ring (bicyclic) bond motifs is 1. The molecule has 5 rings (SSSR count). The zero-order chi connectivity index (χ0) is 21.4. The molecule has 31 heavy (non-hydrogen) atoms. The molecule has 5 heteroatoms. The molecular formula is C26H31N3O2. The number of aryl methyl sites for hydroxylation is 1. The zero-order valence-electron chi connectivity index (χ0n) is 18.3. The molecule has 0 radical (unpaired) electrons. The lowest BCUT2D eigenvalue weighted by Gasteiger charge is -2.43. The largest absolute Gasteiger partial charge is 0.336 e. The van der Waals surface area contributed by atoms with Crippen molar-refractivity contribution >= 4 is 11.8 Å². The van der Waals surface area contributed by atoms with E-state index in [1.165, 1.54) is 24.8 Å². The molecule has 1 saturated carbocycles. The van der Waals surface area contributed by atoms with Gasteiger partial charge in [0.1, 0.15) is 0 Å². The van der Waals surface area contributed by atoms with E-state index in [9.17, 15) is 9.59 Å². The number of benzene rings is 2. The van der Waals surface area contributed by atoms with Crippen LogP contribution in [0, 0.1) is 6.92 Å². The van der Waals surface area contributed by atoms with Crippen LogP contribution in [0.1, 0.15) is 56.7 Å². The highest BCUT2D eigenvalue weighted by Gasteiger charge is 2.30. The summed E-state index contributed by atoms with van der Waals surface area (Å²) in [4.78, 5) is 32.5. The normalized spacial score (nSPS) is 19.6. The number of carbonyl (C=O) groups excluding carboxylic acids is 2. The molecule has 0 unspecified atom stereocenters. The lowest BCUT2D eigenvalue weighted by atomic mass is 9.91. The SMILES string of the molecule is Cc1cccc(C(=O)N2CCc3cc(C(=O)N4CCN(C5CCC5)CC4)ccc3C2)c1. The highest BCUT2D eigenvalue weighted by Crippen LogP contribution is 2.26. The third-order valence-electron chi connectivity index (χ3n) is 7.21. The third kappa shape index (κ3) is 4.11. The minimum atomic E-state index is 0.0823. The summed E-state index contributed by atoms with van der Waals surface area (Å²) in [6, 6.07) is 14.6. The van der Waals surface area contributed by atoms with Gasteiger partial charge >= 0.3 is 0 Å². The minimum Gasteiger partial charge on any atom is -0.336 e. The van der Waals surface area contributed by atoms with Crippen LogP contribution in [0.3, 0.4) is 0 Å². The molecule has 2 aromatic carbocycles. The smallest absolute Gasteiger partial charge is 0.254 e. The van der Waals surface area contributed by atoms with Gasteiger partial charge in [-0.1, -0.05) is 30.2 Å². The molecule has 5 nitrogen and oxygen atoms in total. The average Bonchev–Trinajstić information content (AvgIpc) is 2.77. The van der Waals surface area contributed by atoms with Gasteiger partial charge in [-0.15, -0.1) is 0 Å². The Hall–Kier alpha value is -2.66. The average molecular weight is 418 g/mol. The van der Waals surface area contributed by atoms with E-state index >= 15 is 0 Å². The predicted octanol–water partition coefficient (Wildman–Crippen LogP) is 3.50. The topological polar surface area (TPSA) is 43.9 Å². The standard InChI is InChI=1S/C26H31N3O2/c1-19-4-2-5-21(16-19)26(31)29-11-10-20-17-22(8-9-23(20)18-29)25(30)28-14-12-27(13-15-28)24-6-3-7-24/h2,4-5,8-9,16-17,24H,3,6-7,10-15,18H2,1H3. The number of carbonyl (C=O) groups is 2. The molecule has 2 heterocycles. The van der Waals surface area contributed by atoms with E-state index < -0.39 is 0 Å². The van der Waals surface area contributed by atoms with E-state index in [0.717, 1.165) is 60.9 Å². The fourth-order valence-electron chi connectivity index (χ4n) is 5.04. The highest BCUT2D eigenvalue weighted by atomic mass is 16.2. The van der Waals surface area contributed by atoms with E-state index in [1.807, 2.05) is 53.1 Å². The van der Waals surface area contributed by atoms with E-state index in [2.05, 4.69) is 11.0 Å². The van der Waals surface area contributed by atoms with Crippen LogP contribution in [0.2, 0.25) is 0 Å². The van der Waals surface area contributed by atoms with Gasteiger partial charge in [-0.05, 0) is 61.6 Å². The van der Waals surface area contributed by atoms with E-state index in [1.54, 1.807) is 0 Å². The maximum absolute atomic E-state index is 13.1. The van der Waals surface area contributed by atoms with Crippen molar-refractivity contribution in [2.75, 3.05) is 32.7 Å². The summed E-state index contributed by atoms with van der Waals surface area (Å²) in [5, 5.41) is 0. The summed E-state index contributed by atoms with van der Waals surface area (Å²) < 4.78 is 0. The summed E-state index contributed by atoms with van der Waals surface area (Å²) in [7, 11) is 0. The first kappa shape index (κ1) is 20.3. The molecular weight excluding hydrogens is 386 g/mol. The first-order valence-corrected chi connectivity index (χ1v) is 11.6. The Bertz CT molecular complexity index is 990. The van der Waals surface area contributed by atoms with Crippen molar-refractivity contribution in [2.24, 2.45) is 0 Å². The molecule has 2 aliphatic heterocycles. The number of hydrogen-bond acceptors (Lipinski definition) is 3. The number of nitrogens with zero attached hydrogens (tertiary/aromatic N) is 3. The van der Waals surface area contributed by atoms with Crippen molar-refractivity contribution in [1.29, 1.82) is 0 Å². The fourth-order valence-corrected chi connectivity index (χ4v) is 5.04. The molecule has 3 aliphatic rings. The van der Waals surface area contributed by atoms with Gasteiger partial charge < -0.3 is 9.80 Å². The molecule has 162 valence electrons. The van der Waals surface area contributed by atoms with Crippen LogP contribution in [0.25, 0.3) is 0 Å². The maximum Gasteiger partial charge on any atom is 0.254 e. The molecule has 0 bridgehead atoms. The minimum absolute atomic E-state index is 0.0823. The molecule has 1 saturated heterocycles. The maximum atomic E-state index is 13.1. The lowest BCUT2D eigenvalue weighted by Crippen LogP contribution is -2.53. The zero-order valence-corrected chi connectivity index (χ0v) is 18.3. The van der Waals surface area contributed by atoms with Gasteiger partial charge in [0, 0.05) is 56.4 Å². The fraction of sp³-hybridized carbons (Fsp3) is 0.462. The monoisotopic (exact) mass is 417 g/mol. The van der Waals surface area contributed by atoms with Crippen LogP contribution in [0.5, 0.6) is 0 Å². The van der Waals surface area contributed by atoms with Gasteiger partial charge in [-0.3, -0.25) is 14.5 Å². The van der Waals surface area contributed by atoms with Crippen molar-refractivity contribution in [2.45, 2.75) is 45.2 Å². The molecule has 0 spiro atoms. The molecule has 2 amide bonds. The van der Waals surface area contributed by atoms with Crippen molar-refractivity contribution in [3.63, 3.8) is 0 Å². The van der Waals surface area contributed by atoms with Crippen molar-refractivity contribution in [3.05, 3.63) is 70.3 Å². The Morgan fingerprint density at radius 2 is 1.55 bits per heavy atom. The highest BCUT2D eigenvalue weighted by molar-refractivity contribution is 5.95. The molecule has 0 atom stereocenters. The molecule has 1 aliphatic carbocycles. The van der Waals surface area contributed by atoms with Gasteiger partial charge in [0.25, 0.3) is 11.8 Å². The predicted molar refractivity (Wildman–Crippen MR) is 121 cm³/mol. The van der Waals surface area contributed by atoms with Crippen molar-refractivity contribution < 1.29 is 9.59 Å². The van der Waals surface area contributed by atoms with Crippen LogP contribution >= 0.6 is 0 Å². The first-order valence-electron chi connectivity index (χ1n) is 11.6. The summed E-state index contributed by atoms with van der Waals surface area (Å²) in [5.74, 6) is 0.230. The molecule has 2 aromatic rings. The van der Waals surface area contributed by atoms with Gasteiger partial charge in [0.15, 0.2) is 0 Å². The summed E-state index contributed by atoms with van der Waals surface area (Å²) >= 11 is 0. The summed E-state index contributed by atoms with van der Waals surface area (Å²) in [5.41, 5.74) is 4.98. The van der Waals surface area contributed by atoms with E-state index in [-0.39, 0.29) is 11.8 Å². The van der Waals surface area contributed by atoms with Crippen molar-refractivity contribution in [3.8, 4) is 0 Å². The number of piperazine rings is 1. The second kappa shape index (κ2) is 8.46. The van der Waals surface area contributed by atoms with E-state index in [4.69, 9.17) is 0 Å².